The number of rotatable bonds is 1. The molecule has 3 fully saturated rings. The van der Waals surface area contributed by atoms with Gasteiger partial charge in [-0.3, -0.25) is 4.90 Å². The Balaban J connectivity index is 0.000000226. The van der Waals surface area contributed by atoms with E-state index in [4.69, 9.17) is 4.74 Å². The third-order valence-electron chi connectivity index (χ3n) is 3.79. The zero-order chi connectivity index (χ0) is 10.1. The van der Waals surface area contributed by atoms with Crippen molar-refractivity contribution in [2.45, 2.75) is 33.2 Å². The SMILES string of the molecule is CC1C2CN(C3COC3)CC12.CCC. The molecule has 2 heteroatoms. The lowest BCUT2D eigenvalue weighted by Crippen LogP contribution is -2.48. The fraction of sp³-hybridized carbons (Fsp3) is 1.00. The first-order valence-corrected chi connectivity index (χ1v) is 6.09. The lowest BCUT2D eigenvalue weighted by molar-refractivity contribution is -0.0615. The number of ether oxygens (including phenoxy) is 1. The van der Waals surface area contributed by atoms with Crippen molar-refractivity contribution in [3.63, 3.8) is 0 Å². The van der Waals surface area contributed by atoms with Gasteiger partial charge in [-0.15, -0.1) is 0 Å². The van der Waals surface area contributed by atoms with Gasteiger partial charge < -0.3 is 4.74 Å². The maximum absolute atomic E-state index is 5.18. The van der Waals surface area contributed by atoms with Gasteiger partial charge in [0.25, 0.3) is 0 Å². The molecule has 2 unspecified atom stereocenters. The molecule has 0 aromatic heterocycles. The third kappa shape index (κ3) is 1.82. The summed E-state index contributed by atoms with van der Waals surface area (Å²) in [5, 5.41) is 0. The number of fused-ring (bicyclic) bond motifs is 1. The Morgan fingerprint density at radius 3 is 2.00 bits per heavy atom. The molecule has 2 aliphatic heterocycles. The highest BCUT2D eigenvalue weighted by molar-refractivity contribution is 5.04. The highest BCUT2D eigenvalue weighted by Gasteiger charge is 2.54. The van der Waals surface area contributed by atoms with Crippen LogP contribution >= 0.6 is 0 Å². The van der Waals surface area contributed by atoms with E-state index in [9.17, 15) is 0 Å². The van der Waals surface area contributed by atoms with Gasteiger partial charge in [-0.2, -0.15) is 0 Å². The Morgan fingerprint density at radius 2 is 1.64 bits per heavy atom. The van der Waals surface area contributed by atoms with E-state index in [0.717, 1.165) is 37.0 Å². The number of likely N-dealkylation sites (tertiary alicyclic amines) is 1. The summed E-state index contributed by atoms with van der Waals surface area (Å²) in [6.45, 7) is 11.4. The normalized spacial score (nSPS) is 40.9. The fourth-order valence-corrected chi connectivity index (χ4v) is 2.59. The molecule has 2 saturated heterocycles. The molecular formula is C12H23NO. The molecule has 0 amide bonds. The van der Waals surface area contributed by atoms with E-state index in [1.165, 1.54) is 19.5 Å². The monoisotopic (exact) mass is 197 g/mol. The summed E-state index contributed by atoms with van der Waals surface area (Å²) in [6, 6.07) is 0.787. The Hall–Kier alpha value is -0.0800. The van der Waals surface area contributed by atoms with E-state index in [1.807, 2.05) is 0 Å². The van der Waals surface area contributed by atoms with E-state index in [0.29, 0.717) is 0 Å². The summed E-state index contributed by atoms with van der Waals surface area (Å²) in [5.74, 6) is 3.14. The van der Waals surface area contributed by atoms with Gasteiger partial charge in [0.15, 0.2) is 0 Å². The average molecular weight is 197 g/mol. The Bertz CT molecular complexity index is 179. The summed E-state index contributed by atoms with van der Waals surface area (Å²) in [5.41, 5.74) is 0. The van der Waals surface area contributed by atoms with Crippen LogP contribution < -0.4 is 0 Å². The number of hydrogen-bond acceptors (Lipinski definition) is 2. The maximum Gasteiger partial charge on any atom is 0.0645 e. The minimum Gasteiger partial charge on any atom is -0.378 e. The fourth-order valence-electron chi connectivity index (χ4n) is 2.59. The molecule has 0 aromatic carbocycles. The predicted octanol–water partition coefficient (Wildman–Crippen LogP) is 2.00. The largest absolute Gasteiger partial charge is 0.378 e. The predicted molar refractivity (Wildman–Crippen MR) is 58.3 cm³/mol. The first-order valence-electron chi connectivity index (χ1n) is 6.09. The maximum atomic E-state index is 5.18. The van der Waals surface area contributed by atoms with Gasteiger partial charge in [0, 0.05) is 13.1 Å². The standard InChI is InChI=1S/C9H15NO.C3H8/c1-6-8-2-10(3-9(6)8)7-4-11-5-7;1-3-2/h6-9H,2-5H2,1H3;3H2,1-2H3. The number of hydrogen-bond donors (Lipinski definition) is 0. The average Bonchev–Trinajstić information content (AvgIpc) is 2.55. The quantitative estimate of drug-likeness (QED) is 0.637. The zero-order valence-electron chi connectivity index (χ0n) is 9.70. The van der Waals surface area contributed by atoms with Crippen molar-refractivity contribution in [2.75, 3.05) is 26.3 Å². The molecule has 0 bridgehead atoms. The minimum atomic E-state index is 0.787. The molecule has 0 aromatic rings. The van der Waals surface area contributed by atoms with Crippen LogP contribution in [0.2, 0.25) is 0 Å². The van der Waals surface area contributed by atoms with Crippen molar-refractivity contribution in [3.8, 4) is 0 Å². The summed E-state index contributed by atoms with van der Waals surface area (Å²) in [6.07, 6.45) is 1.25. The molecule has 3 rings (SSSR count). The van der Waals surface area contributed by atoms with E-state index < -0.39 is 0 Å². The van der Waals surface area contributed by atoms with Gasteiger partial charge in [-0.25, -0.2) is 0 Å². The van der Waals surface area contributed by atoms with Crippen LogP contribution in [0, 0.1) is 17.8 Å². The molecule has 2 nitrogen and oxygen atoms in total. The molecule has 1 aliphatic carbocycles. The van der Waals surface area contributed by atoms with Gasteiger partial charge in [0.2, 0.25) is 0 Å². The van der Waals surface area contributed by atoms with Gasteiger partial charge in [-0.1, -0.05) is 27.2 Å². The lowest BCUT2D eigenvalue weighted by Gasteiger charge is -2.35. The molecule has 14 heavy (non-hydrogen) atoms. The Kier molecular flexibility index (Phi) is 3.13. The molecule has 1 saturated carbocycles. The molecule has 82 valence electrons. The molecular weight excluding hydrogens is 174 g/mol. The van der Waals surface area contributed by atoms with Crippen molar-refractivity contribution in [3.05, 3.63) is 0 Å². The smallest absolute Gasteiger partial charge is 0.0645 e. The van der Waals surface area contributed by atoms with Crippen molar-refractivity contribution < 1.29 is 4.74 Å². The Labute approximate surface area is 87.6 Å². The Morgan fingerprint density at radius 1 is 1.14 bits per heavy atom. The molecule has 3 aliphatic rings. The van der Waals surface area contributed by atoms with Crippen LogP contribution in [-0.2, 0) is 4.74 Å². The third-order valence-corrected chi connectivity index (χ3v) is 3.79. The van der Waals surface area contributed by atoms with Crippen LogP contribution in [-0.4, -0.2) is 37.2 Å². The molecule has 0 N–H and O–H groups in total. The van der Waals surface area contributed by atoms with E-state index >= 15 is 0 Å². The lowest BCUT2D eigenvalue weighted by atomic mass is 10.2. The summed E-state index contributed by atoms with van der Waals surface area (Å²) in [4.78, 5) is 2.62. The highest BCUT2D eigenvalue weighted by atomic mass is 16.5. The second-order valence-electron chi connectivity index (χ2n) is 5.04. The van der Waals surface area contributed by atoms with E-state index in [-0.39, 0.29) is 0 Å². The first kappa shape index (κ1) is 10.4. The van der Waals surface area contributed by atoms with Crippen LogP contribution in [0.15, 0.2) is 0 Å². The summed E-state index contributed by atoms with van der Waals surface area (Å²) >= 11 is 0. The van der Waals surface area contributed by atoms with E-state index in [2.05, 4.69) is 25.7 Å². The second kappa shape index (κ2) is 4.19. The van der Waals surface area contributed by atoms with Crippen LogP contribution in [0.5, 0.6) is 0 Å². The van der Waals surface area contributed by atoms with Gasteiger partial charge in [0.1, 0.15) is 0 Å². The zero-order valence-corrected chi connectivity index (χ0v) is 9.70. The van der Waals surface area contributed by atoms with Crippen molar-refractivity contribution in [2.24, 2.45) is 17.8 Å². The summed E-state index contributed by atoms with van der Waals surface area (Å²) < 4.78 is 5.18. The molecule has 0 radical (unpaired) electrons. The van der Waals surface area contributed by atoms with Crippen LogP contribution in [0.3, 0.4) is 0 Å². The van der Waals surface area contributed by atoms with Crippen LogP contribution in [0.1, 0.15) is 27.2 Å². The summed E-state index contributed by atoms with van der Waals surface area (Å²) in [7, 11) is 0. The highest BCUT2D eigenvalue weighted by Crippen LogP contribution is 2.51. The van der Waals surface area contributed by atoms with Crippen LogP contribution in [0.4, 0.5) is 0 Å². The van der Waals surface area contributed by atoms with Crippen molar-refractivity contribution in [1.82, 2.24) is 4.90 Å². The van der Waals surface area contributed by atoms with Crippen LogP contribution in [0.25, 0.3) is 0 Å². The van der Waals surface area contributed by atoms with Crippen molar-refractivity contribution >= 4 is 0 Å². The molecule has 2 atom stereocenters. The first-order chi connectivity index (χ1) is 6.77. The van der Waals surface area contributed by atoms with Gasteiger partial charge in [0.05, 0.1) is 19.3 Å². The minimum absolute atomic E-state index is 0.787. The topological polar surface area (TPSA) is 12.5 Å². The molecule has 0 spiro atoms. The number of piperidine rings is 1. The van der Waals surface area contributed by atoms with Crippen molar-refractivity contribution in [1.29, 1.82) is 0 Å². The van der Waals surface area contributed by atoms with E-state index in [1.54, 1.807) is 0 Å². The van der Waals surface area contributed by atoms with Gasteiger partial charge >= 0.3 is 0 Å². The molecule has 2 heterocycles. The second-order valence-corrected chi connectivity index (χ2v) is 5.04. The number of nitrogens with zero attached hydrogens (tertiary/aromatic N) is 1. The van der Waals surface area contributed by atoms with Gasteiger partial charge in [-0.05, 0) is 17.8 Å².